The summed E-state index contributed by atoms with van der Waals surface area (Å²) in [6, 6.07) is 8.68. The number of hydrogen-bond donors (Lipinski definition) is 1. The van der Waals surface area contributed by atoms with Crippen LogP contribution >= 0.6 is 0 Å². The lowest BCUT2D eigenvalue weighted by Crippen LogP contribution is -2.28. The van der Waals surface area contributed by atoms with Crippen LogP contribution in [0.25, 0.3) is 10.9 Å². The van der Waals surface area contributed by atoms with Gasteiger partial charge in [-0.1, -0.05) is 18.2 Å². The molecule has 0 aliphatic carbocycles. The summed E-state index contributed by atoms with van der Waals surface area (Å²) in [5.74, 6) is -2.35. The number of ether oxygens (including phenoxy) is 2. The molecule has 9 heteroatoms. The molecule has 0 aliphatic rings. The Morgan fingerprint density at radius 1 is 1.00 bits per heavy atom. The van der Waals surface area contributed by atoms with Crippen molar-refractivity contribution < 1.29 is 28.3 Å². The summed E-state index contributed by atoms with van der Waals surface area (Å²) in [6.45, 7) is 6.37. The van der Waals surface area contributed by atoms with Crippen LogP contribution in [0.1, 0.15) is 45.9 Å². The molecule has 32 heavy (non-hydrogen) atoms. The first-order chi connectivity index (χ1) is 15.3. The number of nitrogens with one attached hydrogen (secondary N) is 1. The van der Waals surface area contributed by atoms with Gasteiger partial charge in [0.25, 0.3) is 5.56 Å². The fourth-order valence-corrected chi connectivity index (χ4v) is 3.45. The van der Waals surface area contributed by atoms with Gasteiger partial charge in [-0.15, -0.1) is 0 Å². The number of para-hydroxylation sites is 1. The van der Waals surface area contributed by atoms with Gasteiger partial charge in [0.1, 0.15) is 23.4 Å². The average Bonchev–Trinajstić information content (AvgIpc) is 3.07. The fourth-order valence-electron chi connectivity index (χ4n) is 3.45. The summed E-state index contributed by atoms with van der Waals surface area (Å²) >= 11 is 0. The van der Waals surface area contributed by atoms with Crippen LogP contribution in [0.5, 0.6) is 0 Å². The van der Waals surface area contributed by atoms with Crippen molar-refractivity contribution in [3.8, 4) is 0 Å². The number of fused-ring (bicyclic) bond motifs is 1. The molecule has 1 aromatic carbocycles. The number of carbonyl (C=O) groups is 3. The van der Waals surface area contributed by atoms with Crippen LogP contribution in [-0.4, -0.2) is 35.6 Å². The third-order valence-electron chi connectivity index (χ3n) is 4.82. The first kappa shape index (κ1) is 22.8. The average molecular weight is 440 g/mol. The van der Waals surface area contributed by atoms with Gasteiger partial charge in [-0.3, -0.25) is 19.5 Å². The van der Waals surface area contributed by atoms with E-state index in [0.29, 0.717) is 5.52 Å². The van der Waals surface area contributed by atoms with Crippen LogP contribution in [0.3, 0.4) is 0 Å². The Hall–Kier alpha value is -3.88. The van der Waals surface area contributed by atoms with Crippen LogP contribution in [-0.2, 0) is 20.8 Å². The van der Waals surface area contributed by atoms with E-state index in [1.54, 1.807) is 26.0 Å². The molecule has 168 valence electrons. The second-order valence-corrected chi connectivity index (χ2v) is 7.00. The summed E-state index contributed by atoms with van der Waals surface area (Å²) in [4.78, 5) is 50.2. The summed E-state index contributed by atoms with van der Waals surface area (Å²) in [7, 11) is 0. The lowest BCUT2D eigenvalue weighted by atomic mass is 10.1. The molecule has 1 N–H and O–H groups in total. The normalized spacial score (nSPS) is 10.8. The fraction of sp³-hybridized carbons (Fsp3) is 0.304. The predicted octanol–water partition coefficient (Wildman–Crippen LogP) is 3.20. The van der Waals surface area contributed by atoms with E-state index in [2.05, 4.69) is 5.32 Å². The largest absolute Gasteiger partial charge is 0.462 e. The van der Waals surface area contributed by atoms with Gasteiger partial charge in [-0.25, -0.2) is 9.59 Å². The van der Waals surface area contributed by atoms with E-state index in [-0.39, 0.29) is 48.1 Å². The summed E-state index contributed by atoms with van der Waals surface area (Å²) < 4.78 is 16.9. The minimum atomic E-state index is -0.833. The van der Waals surface area contributed by atoms with Crippen LogP contribution in [0.4, 0.5) is 5.88 Å². The maximum atomic E-state index is 12.8. The number of amides is 1. The zero-order valence-corrected chi connectivity index (χ0v) is 18.3. The molecule has 2 heterocycles. The van der Waals surface area contributed by atoms with E-state index in [4.69, 9.17) is 13.9 Å². The Balaban J connectivity index is 1.98. The Bertz CT molecular complexity index is 1250. The minimum absolute atomic E-state index is 0.0590. The van der Waals surface area contributed by atoms with Gasteiger partial charge in [0.05, 0.1) is 18.7 Å². The van der Waals surface area contributed by atoms with Gasteiger partial charge in [-0.2, -0.15) is 0 Å². The number of furan rings is 1. The van der Waals surface area contributed by atoms with Gasteiger partial charge in [-0.05, 0) is 39.3 Å². The molecule has 0 saturated carbocycles. The van der Waals surface area contributed by atoms with E-state index in [1.807, 2.05) is 19.1 Å². The van der Waals surface area contributed by atoms with E-state index in [0.717, 1.165) is 10.9 Å². The molecule has 3 rings (SSSR count). The first-order valence-corrected chi connectivity index (χ1v) is 10.1. The lowest BCUT2D eigenvalue weighted by molar-refractivity contribution is -0.116. The number of nitrogens with zero attached hydrogens (tertiary/aromatic N) is 1. The smallest absolute Gasteiger partial charge is 0.344 e. The molecular weight excluding hydrogens is 416 g/mol. The van der Waals surface area contributed by atoms with Crippen molar-refractivity contribution in [1.29, 1.82) is 0 Å². The Kier molecular flexibility index (Phi) is 6.77. The molecule has 3 aromatic rings. The van der Waals surface area contributed by atoms with E-state index >= 15 is 0 Å². The Labute approximate surface area is 183 Å². The molecule has 0 saturated heterocycles. The zero-order chi connectivity index (χ0) is 23.4. The molecule has 9 nitrogen and oxygen atoms in total. The predicted molar refractivity (Wildman–Crippen MR) is 117 cm³/mol. The van der Waals surface area contributed by atoms with E-state index in [9.17, 15) is 19.2 Å². The number of carbonyl (C=O) groups excluding carboxylic acids is 3. The number of anilines is 1. The van der Waals surface area contributed by atoms with Crippen molar-refractivity contribution in [2.45, 2.75) is 34.2 Å². The highest BCUT2D eigenvalue weighted by Crippen LogP contribution is 2.29. The van der Waals surface area contributed by atoms with Gasteiger partial charge in [0, 0.05) is 11.5 Å². The van der Waals surface area contributed by atoms with E-state index < -0.39 is 17.8 Å². The molecule has 0 bridgehead atoms. The van der Waals surface area contributed by atoms with Crippen molar-refractivity contribution in [1.82, 2.24) is 4.57 Å². The topological polar surface area (TPSA) is 117 Å². The number of esters is 2. The Morgan fingerprint density at radius 2 is 1.62 bits per heavy atom. The third-order valence-corrected chi connectivity index (χ3v) is 4.82. The summed E-state index contributed by atoms with van der Waals surface area (Å²) in [5.41, 5.74) is 0.717. The molecule has 0 radical (unpaired) electrons. The zero-order valence-electron chi connectivity index (χ0n) is 18.3. The highest BCUT2D eigenvalue weighted by atomic mass is 16.5. The van der Waals surface area contributed by atoms with Crippen LogP contribution < -0.4 is 10.9 Å². The molecular formula is C23H24N2O7. The molecule has 2 aromatic heterocycles. The quantitative estimate of drug-likeness (QED) is 0.561. The van der Waals surface area contributed by atoms with Gasteiger partial charge >= 0.3 is 11.9 Å². The summed E-state index contributed by atoms with van der Waals surface area (Å²) in [5, 5.41) is 3.33. The number of pyridine rings is 1. The highest BCUT2D eigenvalue weighted by Gasteiger charge is 2.31. The lowest BCUT2D eigenvalue weighted by Gasteiger charge is -2.12. The summed E-state index contributed by atoms with van der Waals surface area (Å²) in [6.07, 6.45) is 0. The van der Waals surface area contributed by atoms with Gasteiger partial charge < -0.3 is 13.9 Å². The number of aryl methyl sites for hydroxylation is 2. The van der Waals surface area contributed by atoms with Crippen molar-refractivity contribution in [2.75, 3.05) is 18.5 Å². The van der Waals surface area contributed by atoms with Gasteiger partial charge in [0.15, 0.2) is 0 Å². The number of rotatable bonds is 7. The highest BCUT2D eigenvalue weighted by molar-refractivity contribution is 6.09. The molecule has 0 unspecified atom stereocenters. The minimum Gasteiger partial charge on any atom is -0.462 e. The van der Waals surface area contributed by atoms with Crippen molar-refractivity contribution in [3.05, 3.63) is 63.1 Å². The van der Waals surface area contributed by atoms with Crippen molar-refractivity contribution >= 4 is 34.6 Å². The second-order valence-electron chi connectivity index (χ2n) is 7.00. The molecule has 0 fully saturated rings. The number of benzene rings is 1. The van der Waals surface area contributed by atoms with E-state index in [1.165, 1.54) is 17.6 Å². The van der Waals surface area contributed by atoms with Crippen molar-refractivity contribution in [3.63, 3.8) is 0 Å². The van der Waals surface area contributed by atoms with Gasteiger partial charge in [0.2, 0.25) is 11.8 Å². The maximum absolute atomic E-state index is 12.8. The maximum Gasteiger partial charge on any atom is 0.344 e. The first-order valence-electron chi connectivity index (χ1n) is 10.1. The third kappa shape index (κ3) is 4.41. The van der Waals surface area contributed by atoms with Crippen LogP contribution in [0.15, 0.2) is 39.5 Å². The van der Waals surface area contributed by atoms with Crippen LogP contribution in [0.2, 0.25) is 0 Å². The van der Waals surface area contributed by atoms with Crippen molar-refractivity contribution in [2.24, 2.45) is 0 Å². The SMILES string of the molecule is CCOC(=O)c1c(C)oc(NC(=O)Cn2c(=O)cc(C)c3ccccc32)c1C(=O)OCC. The molecule has 0 spiro atoms. The monoisotopic (exact) mass is 440 g/mol. The molecule has 1 amide bonds. The number of aromatic nitrogens is 1. The number of hydrogen-bond acceptors (Lipinski definition) is 7. The molecule has 0 aliphatic heterocycles. The van der Waals surface area contributed by atoms with Crippen LogP contribution in [0, 0.1) is 13.8 Å². The Morgan fingerprint density at radius 3 is 2.28 bits per heavy atom. The second kappa shape index (κ2) is 9.51. The standard InChI is InChI=1S/C23H24N2O7/c1-5-30-22(28)19-14(4)32-21(20(19)23(29)31-6-2)24-17(26)12-25-16-10-8-7-9-15(16)13(3)11-18(25)27/h7-11H,5-6,12H2,1-4H3,(H,24,26). The molecule has 0 atom stereocenters.